The minimum Gasteiger partial charge on any atom is -1.00 e. The fourth-order valence-electron chi connectivity index (χ4n) is 2.04. The van der Waals surface area contributed by atoms with Crippen LogP contribution >= 0.6 is 7.26 Å². The molecule has 0 amide bonds. The standard InChI is InChI=1S/C9H20P.BrH/c1-3-10(4-2)8-6-5-7-9-10;/h3-9H2,1-2H3;1H/q+1;/p-1. The van der Waals surface area contributed by atoms with Crippen LogP contribution in [-0.2, 0) is 0 Å². The van der Waals surface area contributed by atoms with Gasteiger partial charge >= 0.3 is 0 Å². The van der Waals surface area contributed by atoms with Crippen molar-refractivity contribution in [2.75, 3.05) is 24.6 Å². The molecule has 0 aromatic heterocycles. The highest BCUT2D eigenvalue weighted by atomic mass is 79.9. The Morgan fingerprint density at radius 1 is 0.909 bits per heavy atom. The molecule has 0 spiro atoms. The van der Waals surface area contributed by atoms with E-state index >= 15 is 0 Å². The van der Waals surface area contributed by atoms with Crippen LogP contribution in [0.1, 0.15) is 33.1 Å². The van der Waals surface area contributed by atoms with Gasteiger partial charge in [0, 0.05) is 7.26 Å². The summed E-state index contributed by atoms with van der Waals surface area (Å²) in [5.74, 6) is 0. The Hall–Kier alpha value is 0.910. The summed E-state index contributed by atoms with van der Waals surface area (Å²) in [5, 5.41) is 0. The van der Waals surface area contributed by atoms with E-state index in [0.29, 0.717) is 0 Å². The molecule has 1 fully saturated rings. The summed E-state index contributed by atoms with van der Waals surface area (Å²) < 4.78 is 0. The third-order valence-electron chi connectivity index (χ3n) is 3.11. The van der Waals surface area contributed by atoms with Gasteiger partial charge in [-0.3, -0.25) is 0 Å². The van der Waals surface area contributed by atoms with Crippen molar-refractivity contribution in [2.45, 2.75) is 33.1 Å². The number of hydrogen-bond acceptors (Lipinski definition) is 0. The summed E-state index contributed by atoms with van der Waals surface area (Å²) in [6.07, 6.45) is 10.8. The van der Waals surface area contributed by atoms with Crippen LogP contribution in [0.15, 0.2) is 0 Å². The summed E-state index contributed by atoms with van der Waals surface area (Å²) in [6.45, 7) is 4.81. The van der Waals surface area contributed by atoms with E-state index in [9.17, 15) is 0 Å². The van der Waals surface area contributed by atoms with Gasteiger partial charge in [-0.15, -0.1) is 0 Å². The minimum atomic E-state index is -0.352. The fraction of sp³-hybridized carbons (Fsp3) is 1.00. The van der Waals surface area contributed by atoms with Gasteiger partial charge in [0.1, 0.15) is 0 Å². The first-order valence-electron chi connectivity index (χ1n) is 4.68. The maximum absolute atomic E-state index is 2.41. The highest BCUT2D eigenvalue weighted by Gasteiger charge is 2.34. The van der Waals surface area contributed by atoms with E-state index in [0.717, 1.165) is 0 Å². The molecule has 0 aromatic carbocycles. The van der Waals surface area contributed by atoms with Crippen LogP contribution in [0.3, 0.4) is 0 Å². The summed E-state index contributed by atoms with van der Waals surface area (Å²) >= 11 is 0. The third-order valence-corrected chi connectivity index (χ3v) is 8.32. The molecule has 1 aliphatic heterocycles. The highest BCUT2D eigenvalue weighted by molar-refractivity contribution is 7.75. The first kappa shape index (κ1) is 11.9. The Balaban J connectivity index is 0.000001000. The lowest BCUT2D eigenvalue weighted by molar-refractivity contribution is -0.00000231. The highest BCUT2D eigenvalue weighted by Crippen LogP contribution is 2.61. The molecule has 11 heavy (non-hydrogen) atoms. The largest absolute Gasteiger partial charge is 1.00 e. The lowest BCUT2D eigenvalue weighted by Crippen LogP contribution is -3.00. The molecular formula is C9H20BrP. The van der Waals surface area contributed by atoms with Gasteiger partial charge in [-0.2, -0.15) is 0 Å². The number of rotatable bonds is 2. The molecule has 1 rings (SSSR count). The van der Waals surface area contributed by atoms with Crippen LogP contribution < -0.4 is 17.0 Å². The van der Waals surface area contributed by atoms with Crippen LogP contribution in [0.5, 0.6) is 0 Å². The molecule has 1 aliphatic rings. The molecular weight excluding hydrogens is 219 g/mol. The molecule has 0 atom stereocenters. The van der Waals surface area contributed by atoms with Gasteiger partial charge in [0.05, 0.1) is 24.6 Å². The zero-order valence-corrected chi connectivity index (χ0v) is 10.3. The van der Waals surface area contributed by atoms with Gasteiger partial charge < -0.3 is 17.0 Å². The van der Waals surface area contributed by atoms with E-state index in [1.54, 1.807) is 12.3 Å². The second kappa shape index (κ2) is 5.54. The molecule has 0 unspecified atom stereocenters. The van der Waals surface area contributed by atoms with Crippen LogP contribution in [0.4, 0.5) is 0 Å². The van der Waals surface area contributed by atoms with E-state index in [-0.39, 0.29) is 24.2 Å². The van der Waals surface area contributed by atoms with Crippen molar-refractivity contribution in [3.8, 4) is 0 Å². The Bertz CT molecular complexity index is 91.7. The second-order valence-corrected chi connectivity index (χ2v) is 8.32. The second-order valence-electron chi connectivity index (χ2n) is 3.48. The van der Waals surface area contributed by atoms with Gasteiger partial charge in [-0.25, -0.2) is 0 Å². The van der Waals surface area contributed by atoms with Crippen molar-refractivity contribution in [1.82, 2.24) is 0 Å². The normalized spacial score (nSPS) is 22.4. The van der Waals surface area contributed by atoms with Gasteiger partial charge in [0.25, 0.3) is 0 Å². The Morgan fingerprint density at radius 3 is 1.64 bits per heavy atom. The minimum absolute atomic E-state index is 0. The molecule has 1 saturated heterocycles. The van der Waals surface area contributed by atoms with E-state index in [4.69, 9.17) is 0 Å². The molecule has 0 aliphatic carbocycles. The van der Waals surface area contributed by atoms with Gasteiger partial charge in [-0.05, 0) is 33.1 Å². The zero-order chi connectivity index (χ0) is 7.45. The average molecular weight is 239 g/mol. The third kappa shape index (κ3) is 3.03. The smallest absolute Gasteiger partial charge is 0.0594 e. The van der Waals surface area contributed by atoms with Crippen LogP contribution in [0.25, 0.3) is 0 Å². The molecule has 0 nitrogen and oxygen atoms in total. The van der Waals surface area contributed by atoms with E-state index < -0.39 is 0 Å². The average Bonchev–Trinajstić information content (AvgIpc) is 2.06. The van der Waals surface area contributed by atoms with Crippen molar-refractivity contribution in [3.63, 3.8) is 0 Å². The predicted octanol–water partition coefficient (Wildman–Crippen LogP) is 0.232. The van der Waals surface area contributed by atoms with Gasteiger partial charge in [-0.1, -0.05) is 0 Å². The Kier molecular flexibility index (Phi) is 6.00. The van der Waals surface area contributed by atoms with Crippen molar-refractivity contribution in [3.05, 3.63) is 0 Å². The molecule has 1 heterocycles. The first-order valence-corrected chi connectivity index (χ1v) is 7.21. The topological polar surface area (TPSA) is 0 Å². The maximum atomic E-state index is 2.41. The van der Waals surface area contributed by atoms with Crippen molar-refractivity contribution >= 4 is 7.26 Å². The van der Waals surface area contributed by atoms with Crippen LogP contribution in [-0.4, -0.2) is 24.6 Å². The van der Waals surface area contributed by atoms with Gasteiger partial charge in [0.15, 0.2) is 0 Å². The number of hydrogen-bond donors (Lipinski definition) is 0. The molecule has 0 aromatic rings. The first-order chi connectivity index (χ1) is 4.83. The summed E-state index contributed by atoms with van der Waals surface area (Å²) in [4.78, 5) is 0. The Morgan fingerprint density at radius 2 is 1.36 bits per heavy atom. The van der Waals surface area contributed by atoms with Crippen molar-refractivity contribution in [2.24, 2.45) is 0 Å². The predicted molar refractivity (Wildman–Crippen MR) is 51.6 cm³/mol. The SMILES string of the molecule is CC[P+]1(CC)CCCCC1.[Br-]. The van der Waals surface area contributed by atoms with Crippen LogP contribution in [0, 0.1) is 0 Å². The molecule has 0 radical (unpaired) electrons. The number of halogens is 1. The zero-order valence-electron chi connectivity index (χ0n) is 7.77. The van der Waals surface area contributed by atoms with Crippen LogP contribution in [0.2, 0.25) is 0 Å². The molecule has 0 saturated carbocycles. The molecule has 68 valence electrons. The van der Waals surface area contributed by atoms with E-state index in [2.05, 4.69) is 13.8 Å². The molecule has 0 bridgehead atoms. The van der Waals surface area contributed by atoms with E-state index in [1.165, 1.54) is 31.6 Å². The summed E-state index contributed by atoms with van der Waals surface area (Å²) in [7, 11) is -0.352. The van der Waals surface area contributed by atoms with E-state index in [1.807, 2.05) is 0 Å². The fourth-order valence-corrected chi connectivity index (χ4v) is 5.76. The lowest BCUT2D eigenvalue weighted by atomic mass is 10.3. The molecule has 2 heteroatoms. The summed E-state index contributed by atoms with van der Waals surface area (Å²) in [5.41, 5.74) is 0. The summed E-state index contributed by atoms with van der Waals surface area (Å²) in [6, 6.07) is 0. The van der Waals surface area contributed by atoms with Crippen molar-refractivity contribution in [1.29, 1.82) is 0 Å². The van der Waals surface area contributed by atoms with Crippen molar-refractivity contribution < 1.29 is 17.0 Å². The Labute approximate surface area is 82.3 Å². The van der Waals surface area contributed by atoms with Gasteiger partial charge in [0.2, 0.25) is 0 Å². The maximum Gasteiger partial charge on any atom is 0.0594 e. The monoisotopic (exact) mass is 238 g/mol. The lowest BCUT2D eigenvalue weighted by Gasteiger charge is -2.28. The molecule has 0 N–H and O–H groups in total. The quantitative estimate of drug-likeness (QED) is 0.605.